The van der Waals surface area contributed by atoms with Crippen molar-refractivity contribution in [3.05, 3.63) is 29.8 Å². The number of morpholine rings is 1. The van der Waals surface area contributed by atoms with Crippen molar-refractivity contribution in [1.82, 2.24) is 5.32 Å². The molecular weight excluding hydrogens is 252 g/mol. The summed E-state index contributed by atoms with van der Waals surface area (Å²) in [5.74, 6) is 0.185. The van der Waals surface area contributed by atoms with Crippen LogP contribution in [0, 0.1) is 0 Å². The number of hydrogen-bond donors (Lipinski definition) is 1. The molecule has 1 N–H and O–H groups in total. The first-order valence-electron chi connectivity index (χ1n) is 7.52. The van der Waals surface area contributed by atoms with Crippen LogP contribution in [0.4, 0.5) is 5.69 Å². The van der Waals surface area contributed by atoms with Gasteiger partial charge >= 0.3 is 0 Å². The molecule has 1 saturated heterocycles. The number of anilines is 1. The van der Waals surface area contributed by atoms with Crippen LogP contribution in [0.25, 0.3) is 0 Å². The monoisotopic (exact) mass is 274 g/mol. The number of hydrogen-bond acceptors (Lipinski definition) is 3. The predicted octanol–water partition coefficient (Wildman–Crippen LogP) is 1.73. The van der Waals surface area contributed by atoms with E-state index in [1.807, 2.05) is 0 Å². The van der Waals surface area contributed by atoms with Crippen LogP contribution in [0.15, 0.2) is 24.3 Å². The molecular formula is C16H22N2O2. The number of aryl methyl sites for hydroxylation is 1. The Kier molecular flexibility index (Phi) is 4.21. The third-order valence-electron chi connectivity index (χ3n) is 3.90. The van der Waals surface area contributed by atoms with Gasteiger partial charge in [0, 0.05) is 31.2 Å². The molecule has 0 atom stereocenters. The number of amides is 1. The van der Waals surface area contributed by atoms with E-state index in [0.717, 1.165) is 45.6 Å². The first-order chi connectivity index (χ1) is 9.81. The van der Waals surface area contributed by atoms with Gasteiger partial charge in [-0.25, -0.2) is 0 Å². The standard InChI is InChI=1S/C16H22N2O2/c19-16(17-14-4-5-14)8-3-13-1-6-15(7-2-13)18-9-11-20-12-10-18/h1-2,6-7,14H,3-5,8-12H2,(H,17,19). The lowest BCUT2D eigenvalue weighted by Gasteiger charge is -2.28. The fourth-order valence-electron chi connectivity index (χ4n) is 2.48. The van der Waals surface area contributed by atoms with Gasteiger partial charge in [0.2, 0.25) is 5.91 Å². The molecule has 0 spiro atoms. The molecule has 20 heavy (non-hydrogen) atoms. The Morgan fingerprint density at radius 2 is 1.90 bits per heavy atom. The van der Waals surface area contributed by atoms with E-state index in [4.69, 9.17) is 4.74 Å². The average Bonchev–Trinajstić information content (AvgIpc) is 3.31. The molecule has 4 heteroatoms. The van der Waals surface area contributed by atoms with E-state index in [2.05, 4.69) is 34.5 Å². The van der Waals surface area contributed by atoms with Gasteiger partial charge in [0.25, 0.3) is 0 Å². The van der Waals surface area contributed by atoms with E-state index in [0.29, 0.717) is 12.5 Å². The number of carbonyl (C=O) groups is 1. The Hall–Kier alpha value is -1.55. The molecule has 1 amide bonds. The molecule has 0 radical (unpaired) electrons. The SMILES string of the molecule is O=C(CCc1ccc(N2CCOCC2)cc1)NC1CC1. The largest absolute Gasteiger partial charge is 0.378 e. The minimum Gasteiger partial charge on any atom is -0.378 e. The van der Waals surface area contributed by atoms with Crippen LogP contribution < -0.4 is 10.2 Å². The third-order valence-corrected chi connectivity index (χ3v) is 3.90. The lowest BCUT2D eigenvalue weighted by Crippen LogP contribution is -2.36. The normalized spacial score (nSPS) is 18.9. The van der Waals surface area contributed by atoms with Crippen LogP contribution in [0.1, 0.15) is 24.8 Å². The van der Waals surface area contributed by atoms with E-state index < -0.39 is 0 Å². The Morgan fingerprint density at radius 1 is 1.20 bits per heavy atom. The lowest BCUT2D eigenvalue weighted by atomic mass is 10.1. The maximum atomic E-state index is 11.6. The maximum absolute atomic E-state index is 11.6. The molecule has 0 aromatic heterocycles. The van der Waals surface area contributed by atoms with Gasteiger partial charge in [-0.05, 0) is 37.0 Å². The molecule has 1 aromatic rings. The Morgan fingerprint density at radius 3 is 2.55 bits per heavy atom. The second-order valence-electron chi connectivity index (χ2n) is 5.61. The Labute approximate surface area is 120 Å². The molecule has 4 nitrogen and oxygen atoms in total. The fourth-order valence-corrected chi connectivity index (χ4v) is 2.48. The zero-order valence-corrected chi connectivity index (χ0v) is 11.8. The highest BCUT2D eigenvalue weighted by Gasteiger charge is 2.22. The average molecular weight is 274 g/mol. The number of nitrogens with one attached hydrogen (secondary N) is 1. The smallest absolute Gasteiger partial charge is 0.220 e. The summed E-state index contributed by atoms with van der Waals surface area (Å²) in [6, 6.07) is 9.04. The first-order valence-corrected chi connectivity index (χ1v) is 7.52. The summed E-state index contributed by atoms with van der Waals surface area (Å²) in [7, 11) is 0. The highest BCUT2D eigenvalue weighted by Crippen LogP contribution is 2.19. The maximum Gasteiger partial charge on any atom is 0.220 e. The molecule has 1 aliphatic heterocycles. The van der Waals surface area contributed by atoms with Crippen LogP contribution in [0.5, 0.6) is 0 Å². The van der Waals surface area contributed by atoms with E-state index in [1.54, 1.807) is 0 Å². The summed E-state index contributed by atoms with van der Waals surface area (Å²) in [5, 5.41) is 3.03. The summed E-state index contributed by atoms with van der Waals surface area (Å²) in [5.41, 5.74) is 2.48. The van der Waals surface area contributed by atoms with Gasteiger partial charge in [0.05, 0.1) is 13.2 Å². The second kappa shape index (κ2) is 6.27. The summed E-state index contributed by atoms with van der Waals surface area (Å²) < 4.78 is 5.36. The van der Waals surface area contributed by atoms with E-state index in [1.165, 1.54) is 11.3 Å². The van der Waals surface area contributed by atoms with Crippen molar-refractivity contribution in [2.24, 2.45) is 0 Å². The molecule has 1 aliphatic carbocycles. The van der Waals surface area contributed by atoms with Crippen LogP contribution in [-0.2, 0) is 16.0 Å². The van der Waals surface area contributed by atoms with Gasteiger partial charge in [-0.1, -0.05) is 12.1 Å². The molecule has 2 aliphatic rings. The molecule has 3 rings (SSSR count). The summed E-state index contributed by atoms with van der Waals surface area (Å²) in [6.45, 7) is 3.54. The van der Waals surface area contributed by atoms with Gasteiger partial charge in [-0.2, -0.15) is 0 Å². The van der Waals surface area contributed by atoms with Crippen molar-refractivity contribution < 1.29 is 9.53 Å². The van der Waals surface area contributed by atoms with Crippen LogP contribution in [-0.4, -0.2) is 38.3 Å². The van der Waals surface area contributed by atoms with Crippen molar-refractivity contribution in [3.8, 4) is 0 Å². The van der Waals surface area contributed by atoms with Gasteiger partial charge in [-0.15, -0.1) is 0 Å². The molecule has 0 unspecified atom stereocenters. The molecule has 108 valence electrons. The van der Waals surface area contributed by atoms with Gasteiger partial charge in [0.1, 0.15) is 0 Å². The molecule has 0 bridgehead atoms. The summed E-state index contributed by atoms with van der Waals surface area (Å²) >= 11 is 0. The predicted molar refractivity (Wildman–Crippen MR) is 79.0 cm³/mol. The Bertz CT molecular complexity index is 448. The van der Waals surface area contributed by atoms with Crippen molar-refractivity contribution in [2.45, 2.75) is 31.7 Å². The number of carbonyl (C=O) groups excluding carboxylic acids is 1. The van der Waals surface area contributed by atoms with Crippen molar-refractivity contribution in [2.75, 3.05) is 31.2 Å². The van der Waals surface area contributed by atoms with E-state index >= 15 is 0 Å². The number of ether oxygens (including phenoxy) is 1. The van der Waals surface area contributed by atoms with Crippen LogP contribution in [0.3, 0.4) is 0 Å². The highest BCUT2D eigenvalue weighted by molar-refractivity contribution is 5.76. The van der Waals surface area contributed by atoms with Gasteiger partial charge < -0.3 is 15.0 Å². The fraction of sp³-hybridized carbons (Fsp3) is 0.562. The van der Waals surface area contributed by atoms with E-state index in [9.17, 15) is 4.79 Å². The Balaban J connectivity index is 1.48. The molecule has 1 saturated carbocycles. The van der Waals surface area contributed by atoms with Gasteiger partial charge in [-0.3, -0.25) is 4.79 Å². The minimum absolute atomic E-state index is 0.185. The zero-order chi connectivity index (χ0) is 13.8. The molecule has 1 heterocycles. The highest BCUT2D eigenvalue weighted by atomic mass is 16.5. The van der Waals surface area contributed by atoms with E-state index in [-0.39, 0.29) is 5.91 Å². The second-order valence-corrected chi connectivity index (χ2v) is 5.61. The number of benzene rings is 1. The summed E-state index contributed by atoms with van der Waals surface area (Å²) in [4.78, 5) is 14.0. The van der Waals surface area contributed by atoms with Crippen molar-refractivity contribution in [1.29, 1.82) is 0 Å². The topological polar surface area (TPSA) is 41.6 Å². The van der Waals surface area contributed by atoms with Crippen molar-refractivity contribution in [3.63, 3.8) is 0 Å². The number of rotatable bonds is 5. The van der Waals surface area contributed by atoms with Gasteiger partial charge in [0.15, 0.2) is 0 Å². The minimum atomic E-state index is 0.185. The molecule has 1 aromatic carbocycles. The third kappa shape index (κ3) is 3.73. The van der Waals surface area contributed by atoms with Crippen LogP contribution in [0.2, 0.25) is 0 Å². The molecule has 2 fully saturated rings. The van der Waals surface area contributed by atoms with Crippen molar-refractivity contribution >= 4 is 11.6 Å². The van der Waals surface area contributed by atoms with Crippen LogP contribution >= 0.6 is 0 Å². The first kappa shape index (κ1) is 13.4. The quantitative estimate of drug-likeness (QED) is 0.889. The zero-order valence-electron chi connectivity index (χ0n) is 11.8. The lowest BCUT2D eigenvalue weighted by molar-refractivity contribution is -0.121. The summed E-state index contributed by atoms with van der Waals surface area (Å²) in [6.07, 6.45) is 3.72. The number of nitrogens with zero attached hydrogens (tertiary/aromatic N) is 1.